The second-order valence-electron chi connectivity index (χ2n) is 5.74. The number of aryl methyl sites for hydroxylation is 1. The molecule has 3 aromatic rings. The highest BCUT2D eigenvalue weighted by atomic mass is 35.5. The van der Waals surface area contributed by atoms with E-state index in [1.807, 2.05) is 0 Å². The molecule has 0 fully saturated rings. The molecule has 1 N–H and O–H groups in total. The van der Waals surface area contributed by atoms with E-state index in [0.717, 1.165) is 11.3 Å². The van der Waals surface area contributed by atoms with Crippen molar-refractivity contribution in [3.05, 3.63) is 68.9 Å². The van der Waals surface area contributed by atoms with Crippen LogP contribution in [-0.4, -0.2) is 10.9 Å². The quantitative estimate of drug-likeness (QED) is 0.558. The molecule has 0 aliphatic rings. The molecule has 0 aliphatic heterocycles. The topological polar surface area (TPSA) is 42.0 Å². The van der Waals surface area contributed by atoms with Gasteiger partial charge in [-0.2, -0.15) is 0 Å². The summed E-state index contributed by atoms with van der Waals surface area (Å²) in [6.07, 6.45) is -2.95. The molecule has 1 amide bonds. The zero-order chi connectivity index (χ0) is 19.6. The van der Waals surface area contributed by atoms with E-state index in [1.54, 1.807) is 37.3 Å². The number of thiazole rings is 1. The number of benzene rings is 2. The molecule has 8 heteroatoms. The molecular formula is C19H14ClF3N2OS. The summed E-state index contributed by atoms with van der Waals surface area (Å²) < 4.78 is 39.9. The minimum atomic E-state index is -2.73. The second-order valence-corrected chi connectivity index (χ2v) is 7.44. The van der Waals surface area contributed by atoms with Gasteiger partial charge in [0.1, 0.15) is 11.5 Å². The molecule has 0 saturated carbocycles. The van der Waals surface area contributed by atoms with E-state index in [2.05, 4.69) is 10.3 Å². The van der Waals surface area contributed by atoms with Crippen molar-refractivity contribution in [2.75, 3.05) is 5.32 Å². The molecule has 27 heavy (non-hydrogen) atoms. The van der Waals surface area contributed by atoms with Gasteiger partial charge in [0.2, 0.25) is 5.91 Å². The summed E-state index contributed by atoms with van der Waals surface area (Å²) in [6, 6.07) is 11.2. The van der Waals surface area contributed by atoms with Gasteiger partial charge in [-0.3, -0.25) is 4.79 Å². The third-order valence-electron chi connectivity index (χ3n) is 3.79. The lowest BCUT2D eigenvalue weighted by molar-refractivity contribution is -0.115. The van der Waals surface area contributed by atoms with E-state index >= 15 is 0 Å². The van der Waals surface area contributed by atoms with Crippen molar-refractivity contribution in [3.63, 3.8) is 0 Å². The first-order chi connectivity index (χ1) is 12.8. The van der Waals surface area contributed by atoms with Gasteiger partial charge in [-0.05, 0) is 30.7 Å². The van der Waals surface area contributed by atoms with Crippen molar-refractivity contribution >= 4 is 34.5 Å². The minimum absolute atomic E-state index is 0.000334. The number of alkyl halides is 2. The highest BCUT2D eigenvalue weighted by Gasteiger charge is 2.20. The molecule has 0 atom stereocenters. The summed E-state index contributed by atoms with van der Waals surface area (Å²) >= 11 is 6.78. The first kappa shape index (κ1) is 19.4. The number of nitrogens with one attached hydrogen (secondary N) is 1. The molecule has 0 bridgehead atoms. The van der Waals surface area contributed by atoms with Crippen molar-refractivity contribution < 1.29 is 18.0 Å². The van der Waals surface area contributed by atoms with Crippen LogP contribution in [0.2, 0.25) is 5.02 Å². The number of aromatic nitrogens is 1. The number of nitrogens with zero attached hydrogens (tertiary/aromatic N) is 1. The molecule has 0 saturated heterocycles. The normalized spacial score (nSPS) is 11.0. The lowest BCUT2D eigenvalue weighted by atomic mass is 10.0. The summed E-state index contributed by atoms with van der Waals surface area (Å²) in [7, 11) is 0. The molecule has 3 rings (SSSR count). The summed E-state index contributed by atoms with van der Waals surface area (Å²) in [5.41, 5.74) is 1.22. The maximum Gasteiger partial charge on any atom is 0.281 e. The Morgan fingerprint density at radius 1 is 1.26 bits per heavy atom. The van der Waals surface area contributed by atoms with Crippen molar-refractivity contribution in [1.29, 1.82) is 0 Å². The van der Waals surface area contributed by atoms with Crippen molar-refractivity contribution in [2.24, 2.45) is 0 Å². The first-order valence-electron chi connectivity index (χ1n) is 7.94. The summed E-state index contributed by atoms with van der Waals surface area (Å²) in [5, 5.41) is 3.18. The zero-order valence-corrected chi connectivity index (χ0v) is 15.7. The Morgan fingerprint density at radius 3 is 2.70 bits per heavy atom. The Hall–Kier alpha value is -2.38. The zero-order valence-electron chi connectivity index (χ0n) is 14.1. The Kier molecular flexibility index (Phi) is 5.82. The number of halogens is 4. The summed E-state index contributed by atoms with van der Waals surface area (Å²) in [5.74, 6) is -1.03. The molecule has 0 aliphatic carbocycles. The fourth-order valence-electron chi connectivity index (χ4n) is 2.63. The van der Waals surface area contributed by atoms with Crippen LogP contribution >= 0.6 is 22.9 Å². The van der Waals surface area contributed by atoms with Crippen LogP contribution in [-0.2, 0) is 11.2 Å². The molecule has 0 unspecified atom stereocenters. The van der Waals surface area contributed by atoms with E-state index < -0.39 is 18.1 Å². The molecule has 0 spiro atoms. The highest BCUT2D eigenvalue weighted by molar-refractivity contribution is 7.11. The number of carbonyl (C=O) groups excluding carboxylic acids is 1. The van der Waals surface area contributed by atoms with Gasteiger partial charge in [-0.1, -0.05) is 35.9 Å². The van der Waals surface area contributed by atoms with E-state index in [1.165, 1.54) is 12.1 Å². The maximum atomic E-state index is 13.8. The fraction of sp³-hybridized carbons (Fsp3) is 0.158. The lowest BCUT2D eigenvalue weighted by Crippen LogP contribution is -2.15. The molecule has 0 radical (unpaired) electrons. The Morgan fingerprint density at radius 2 is 2.00 bits per heavy atom. The highest BCUT2D eigenvalue weighted by Crippen LogP contribution is 2.31. The number of anilines is 1. The summed E-state index contributed by atoms with van der Waals surface area (Å²) in [4.78, 5) is 16.4. The van der Waals surface area contributed by atoms with Gasteiger partial charge in [0, 0.05) is 16.1 Å². The SMILES string of the molecule is Cc1nc(C(F)F)c(CC(=O)Nc2ccccc2-c2ccc(Cl)c(F)c2)s1. The van der Waals surface area contributed by atoms with Crippen LogP contribution in [0.15, 0.2) is 42.5 Å². The molecule has 1 aromatic heterocycles. The average Bonchev–Trinajstić information content (AvgIpc) is 2.98. The Balaban J connectivity index is 1.84. The van der Waals surface area contributed by atoms with Crippen LogP contribution in [0.25, 0.3) is 11.1 Å². The van der Waals surface area contributed by atoms with Crippen LogP contribution in [0.1, 0.15) is 22.0 Å². The van der Waals surface area contributed by atoms with Crippen molar-refractivity contribution in [3.8, 4) is 11.1 Å². The van der Waals surface area contributed by atoms with E-state index in [9.17, 15) is 18.0 Å². The predicted octanol–water partition coefficient (Wildman–Crippen LogP) is 6.03. The monoisotopic (exact) mass is 410 g/mol. The number of hydrogen-bond donors (Lipinski definition) is 1. The molecule has 140 valence electrons. The van der Waals surface area contributed by atoms with Crippen LogP contribution < -0.4 is 5.32 Å². The van der Waals surface area contributed by atoms with Crippen LogP contribution in [0.5, 0.6) is 0 Å². The standard InChI is InChI=1S/C19H14ClF3N2OS/c1-10-24-18(19(22)23)16(27-10)9-17(26)25-15-5-3-2-4-12(15)11-6-7-13(20)14(21)8-11/h2-8,19H,9H2,1H3,(H,25,26). The van der Waals surface area contributed by atoms with E-state index in [0.29, 0.717) is 21.8 Å². The third kappa shape index (κ3) is 4.48. The predicted molar refractivity (Wildman–Crippen MR) is 101 cm³/mol. The Bertz CT molecular complexity index is 991. The van der Waals surface area contributed by atoms with Gasteiger partial charge in [0.05, 0.1) is 16.5 Å². The van der Waals surface area contributed by atoms with Gasteiger partial charge in [-0.25, -0.2) is 18.2 Å². The fourth-order valence-corrected chi connectivity index (χ4v) is 3.69. The van der Waals surface area contributed by atoms with Gasteiger partial charge in [0.25, 0.3) is 6.43 Å². The average molecular weight is 411 g/mol. The van der Waals surface area contributed by atoms with Crippen LogP contribution in [0.4, 0.5) is 18.9 Å². The van der Waals surface area contributed by atoms with Crippen LogP contribution in [0.3, 0.4) is 0 Å². The van der Waals surface area contributed by atoms with Gasteiger partial charge < -0.3 is 5.32 Å². The van der Waals surface area contributed by atoms with Crippen LogP contribution in [0, 0.1) is 12.7 Å². The summed E-state index contributed by atoms with van der Waals surface area (Å²) in [6.45, 7) is 1.61. The van der Waals surface area contributed by atoms with E-state index in [-0.39, 0.29) is 22.0 Å². The number of carbonyl (C=O) groups is 1. The van der Waals surface area contributed by atoms with Gasteiger partial charge >= 0.3 is 0 Å². The van der Waals surface area contributed by atoms with Crippen molar-refractivity contribution in [2.45, 2.75) is 19.8 Å². The molecule has 3 nitrogen and oxygen atoms in total. The number of para-hydroxylation sites is 1. The number of hydrogen-bond acceptors (Lipinski definition) is 3. The largest absolute Gasteiger partial charge is 0.325 e. The van der Waals surface area contributed by atoms with E-state index in [4.69, 9.17) is 11.6 Å². The Labute approximate surface area is 162 Å². The minimum Gasteiger partial charge on any atom is -0.325 e. The lowest BCUT2D eigenvalue weighted by Gasteiger charge is -2.12. The second kappa shape index (κ2) is 8.10. The molecule has 1 heterocycles. The molecular weight excluding hydrogens is 397 g/mol. The number of rotatable bonds is 5. The molecule has 2 aromatic carbocycles. The number of amides is 1. The maximum absolute atomic E-state index is 13.8. The third-order valence-corrected chi connectivity index (χ3v) is 5.09. The van der Waals surface area contributed by atoms with Crippen molar-refractivity contribution in [1.82, 2.24) is 4.98 Å². The first-order valence-corrected chi connectivity index (χ1v) is 9.13. The smallest absolute Gasteiger partial charge is 0.281 e. The van der Waals surface area contributed by atoms with Gasteiger partial charge in [0.15, 0.2) is 0 Å². The van der Waals surface area contributed by atoms with Gasteiger partial charge in [-0.15, -0.1) is 11.3 Å².